The van der Waals surface area contributed by atoms with Crippen molar-refractivity contribution >= 4 is 16.7 Å². The highest BCUT2D eigenvalue weighted by atomic mass is 16.5. The number of fused-ring (bicyclic) bond motifs is 3. The average molecular weight is 346 g/mol. The van der Waals surface area contributed by atoms with E-state index in [0.717, 1.165) is 21.9 Å². The molecule has 2 aromatic carbocycles. The number of hydrogen-bond donors (Lipinski definition) is 1. The van der Waals surface area contributed by atoms with Gasteiger partial charge < -0.3 is 15.2 Å². The van der Waals surface area contributed by atoms with Gasteiger partial charge in [-0.15, -0.1) is 0 Å². The second-order valence-corrected chi connectivity index (χ2v) is 6.02. The Labute approximate surface area is 151 Å². The van der Waals surface area contributed by atoms with Gasteiger partial charge in [0, 0.05) is 23.3 Å². The summed E-state index contributed by atoms with van der Waals surface area (Å²) >= 11 is 0. The monoisotopic (exact) mass is 346 g/mol. The van der Waals surface area contributed by atoms with Crippen LogP contribution in [0.3, 0.4) is 0 Å². The third kappa shape index (κ3) is 2.58. The summed E-state index contributed by atoms with van der Waals surface area (Å²) < 4.78 is 11.1. The molecule has 0 amide bonds. The Kier molecular flexibility index (Phi) is 4.05. The lowest BCUT2D eigenvalue weighted by atomic mass is 9.82. The molecule has 0 bridgehead atoms. The van der Waals surface area contributed by atoms with Crippen LogP contribution >= 0.6 is 0 Å². The summed E-state index contributed by atoms with van der Waals surface area (Å²) in [7, 11) is 0. The number of pyridine rings is 1. The van der Waals surface area contributed by atoms with Gasteiger partial charge in [-0.1, -0.05) is 42.5 Å². The van der Waals surface area contributed by atoms with Crippen molar-refractivity contribution < 1.29 is 14.3 Å². The van der Waals surface area contributed by atoms with Crippen LogP contribution < -0.4 is 10.5 Å². The minimum atomic E-state index is -0.474. The van der Waals surface area contributed by atoms with E-state index >= 15 is 0 Å². The van der Waals surface area contributed by atoms with Crippen molar-refractivity contribution in [1.82, 2.24) is 4.98 Å². The van der Waals surface area contributed by atoms with E-state index in [-0.39, 0.29) is 12.5 Å². The van der Waals surface area contributed by atoms with Crippen LogP contribution in [0.25, 0.3) is 10.8 Å². The molecule has 5 nitrogen and oxygen atoms in total. The number of ether oxygens (including phenoxy) is 2. The Morgan fingerprint density at radius 1 is 1.19 bits per heavy atom. The molecular weight excluding hydrogens is 328 g/mol. The van der Waals surface area contributed by atoms with E-state index in [1.165, 1.54) is 0 Å². The maximum Gasteiger partial charge on any atom is 0.340 e. The maximum absolute atomic E-state index is 12.6. The molecule has 0 spiro atoms. The molecule has 1 aliphatic rings. The average Bonchev–Trinajstić information content (AvgIpc) is 2.67. The van der Waals surface area contributed by atoms with Crippen molar-refractivity contribution in [1.29, 1.82) is 0 Å². The molecule has 0 saturated carbocycles. The van der Waals surface area contributed by atoms with Crippen LogP contribution in [0, 0.1) is 0 Å². The fourth-order valence-electron chi connectivity index (χ4n) is 3.38. The Morgan fingerprint density at radius 2 is 2.04 bits per heavy atom. The van der Waals surface area contributed by atoms with Crippen molar-refractivity contribution in [3.8, 4) is 5.75 Å². The van der Waals surface area contributed by atoms with Crippen molar-refractivity contribution in [2.24, 2.45) is 5.73 Å². The SMILES string of the molecule is CCOC(=O)C1=C(N)Oc2c(ccc3ccccc23)[C@@H]1c1cccnc1. The standard InChI is InChI=1S/C21H18N2O3/c1-2-25-21(24)18-17(14-7-5-11-23-12-14)16-10-9-13-6-3-4-8-15(13)19(16)26-20(18)22/h3-12,17H,2,22H2,1H3/t17-/m0/s1. The van der Waals surface area contributed by atoms with E-state index < -0.39 is 11.9 Å². The molecule has 0 unspecified atom stereocenters. The smallest absolute Gasteiger partial charge is 0.340 e. The first-order valence-corrected chi connectivity index (χ1v) is 8.47. The fourth-order valence-corrected chi connectivity index (χ4v) is 3.38. The van der Waals surface area contributed by atoms with Crippen molar-refractivity contribution in [2.45, 2.75) is 12.8 Å². The third-order valence-corrected chi connectivity index (χ3v) is 4.50. The van der Waals surface area contributed by atoms with Crippen LogP contribution in [0.1, 0.15) is 24.0 Å². The molecule has 2 N–H and O–H groups in total. The number of carbonyl (C=O) groups excluding carboxylic acids is 1. The van der Waals surface area contributed by atoms with Gasteiger partial charge in [-0.05, 0) is 23.9 Å². The van der Waals surface area contributed by atoms with Crippen molar-refractivity contribution in [2.75, 3.05) is 6.61 Å². The molecular formula is C21H18N2O3. The number of aromatic nitrogens is 1. The molecule has 0 saturated heterocycles. The summed E-state index contributed by atoms with van der Waals surface area (Å²) in [6, 6.07) is 15.7. The molecule has 26 heavy (non-hydrogen) atoms. The molecule has 2 heterocycles. The molecule has 0 fully saturated rings. The molecule has 3 aromatic rings. The first-order valence-electron chi connectivity index (χ1n) is 8.47. The van der Waals surface area contributed by atoms with Crippen LogP contribution in [0.5, 0.6) is 5.75 Å². The number of rotatable bonds is 3. The first-order chi connectivity index (χ1) is 12.7. The van der Waals surface area contributed by atoms with E-state index in [4.69, 9.17) is 15.2 Å². The van der Waals surface area contributed by atoms with E-state index in [2.05, 4.69) is 4.98 Å². The molecule has 1 atom stereocenters. The molecule has 0 radical (unpaired) electrons. The van der Waals surface area contributed by atoms with Gasteiger partial charge in [0.15, 0.2) is 0 Å². The number of carbonyl (C=O) groups is 1. The summed E-state index contributed by atoms with van der Waals surface area (Å²) in [5.74, 6) is -0.127. The predicted octanol–water partition coefficient (Wildman–Crippen LogP) is 3.49. The minimum Gasteiger partial charge on any atom is -0.462 e. The number of nitrogens with two attached hydrogens (primary N) is 1. The second-order valence-electron chi connectivity index (χ2n) is 6.02. The topological polar surface area (TPSA) is 74.4 Å². The molecule has 130 valence electrons. The summed E-state index contributed by atoms with van der Waals surface area (Å²) in [6.45, 7) is 2.03. The van der Waals surface area contributed by atoms with Crippen LogP contribution in [0.2, 0.25) is 0 Å². The van der Waals surface area contributed by atoms with Crippen molar-refractivity contribution in [3.63, 3.8) is 0 Å². The number of nitrogens with zero attached hydrogens (tertiary/aromatic N) is 1. The summed E-state index contributed by atoms with van der Waals surface area (Å²) in [5, 5.41) is 1.99. The molecule has 0 aliphatic carbocycles. The van der Waals surface area contributed by atoms with Crippen LogP contribution in [0.4, 0.5) is 0 Å². The zero-order valence-electron chi connectivity index (χ0n) is 14.3. The number of benzene rings is 2. The van der Waals surface area contributed by atoms with Crippen LogP contribution in [-0.2, 0) is 9.53 Å². The second kappa shape index (κ2) is 6.52. The van der Waals surface area contributed by atoms with Gasteiger partial charge in [0.1, 0.15) is 11.3 Å². The molecule has 4 rings (SSSR count). The van der Waals surface area contributed by atoms with E-state index in [9.17, 15) is 4.79 Å². The Bertz CT molecular complexity index is 1010. The normalized spacial score (nSPS) is 16.1. The summed E-state index contributed by atoms with van der Waals surface area (Å²) in [4.78, 5) is 16.8. The molecule has 5 heteroatoms. The molecule has 1 aliphatic heterocycles. The predicted molar refractivity (Wildman–Crippen MR) is 98.5 cm³/mol. The lowest BCUT2D eigenvalue weighted by Crippen LogP contribution is -2.27. The fraction of sp³-hybridized carbons (Fsp3) is 0.143. The van der Waals surface area contributed by atoms with E-state index in [0.29, 0.717) is 11.3 Å². The number of hydrogen-bond acceptors (Lipinski definition) is 5. The van der Waals surface area contributed by atoms with Gasteiger partial charge in [-0.25, -0.2) is 4.79 Å². The highest BCUT2D eigenvalue weighted by molar-refractivity contribution is 5.96. The lowest BCUT2D eigenvalue weighted by Gasteiger charge is -2.29. The highest BCUT2D eigenvalue weighted by Crippen LogP contribution is 2.45. The van der Waals surface area contributed by atoms with Crippen LogP contribution in [0.15, 0.2) is 72.4 Å². The summed E-state index contributed by atoms with van der Waals surface area (Å²) in [6.07, 6.45) is 3.43. The first kappa shape index (κ1) is 16.1. The van der Waals surface area contributed by atoms with Crippen molar-refractivity contribution in [3.05, 3.63) is 83.5 Å². The number of esters is 1. The van der Waals surface area contributed by atoms with Gasteiger partial charge in [0.2, 0.25) is 5.88 Å². The zero-order valence-corrected chi connectivity index (χ0v) is 14.3. The quantitative estimate of drug-likeness (QED) is 0.735. The van der Waals surface area contributed by atoms with Gasteiger partial charge in [0.05, 0.1) is 12.5 Å². The Balaban J connectivity index is 1.97. The van der Waals surface area contributed by atoms with Crippen LogP contribution in [-0.4, -0.2) is 17.6 Å². The van der Waals surface area contributed by atoms with Gasteiger partial charge in [-0.2, -0.15) is 0 Å². The molecule has 1 aromatic heterocycles. The Morgan fingerprint density at radius 3 is 2.81 bits per heavy atom. The van der Waals surface area contributed by atoms with Gasteiger partial charge >= 0.3 is 5.97 Å². The van der Waals surface area contributed by atoms with Gasteiger partial charge in [-0.3, -0.25) is 4.98 Å². The minimum absolute atomic E-state index is 0.0705. The highest BCUT2D eigenvalue weighted by Gasteiger charge is 2.36. The Hall–Kier alpha value is -3.34. The van der Waals surface area contributed by atoms with E-state index in [1.54, 1.807) is 19.3 Å². The largest absolute Gasteiger partial charge is 0.462 e. The van der Waals surface area contributed by atoms with E-state index in [1.807, 2.05) is 48.5 Å². The van der Waals surface area contributed by atoms with Gasteiger partial charge in [0.25, 0.3) is 0 Å². The maximum atomic E-state index is 12.6. The lowest BCUT2D eigenvalue weighted by molar-refractivity contribution is -0.139. The third-order valence-electron chi connectivity index (χ3n) is 4.50. The summed E-state index contributed by atoms with van der Waals surface area (Å²) in [5.41, 5.74) is 8.22. The zero-order chi connectivity index (χ0) is 18.1.